The lowest BCUT2D eigenvalue weighted by Crippen LogP contribution is -2.16. The minimum absolute atomic E-state index is 0.350. The number of aryl methyl sites for hydroxylation is 2. The monoisotopic (exact) mass is 538 g/mol. The fourth-order valence-electron chi connectivity index (χ4n) is 6.21. The predicted molar refractivity (Wildman–Crippen MR) is 156 cm³/mol. The Morgan fingerprint density at radius 3 is 2.60 bits per heavy atom. The molecule has 1 unspecified atom stereocenters. The lowest BCUT2D eigenvalue weighted by atomic mass is 9.73. The van der Waals surface area contributed by atoms with E-state index >= 15 is 0 Å². The minimum atomic E-state index is -4.39. The molecule has 0 fully saturated rings. The van der Waals surface area contributed by atoms with E-state index in [1.165, 1.54) is 69.3 Å². The van der Waals surface area contributed by atoms with Gasteiger partial charge in [-0.3, -0.25) is 4.98 Å². The van der Waals surface area contributed by atoms with Crippen LogP contribution in [0.1, 0.15) is 70.7 Å². The van der Waals surface area contributed by atoms with Gasteiger partial charge in [-0.2, -0.15) is 13.2 Å². The average molecular weight is 539 g/mol. The number of hydrogen-bond acceptors (Lipinski definition) is 2. The van der Waals surface area contributed by atoms with Gasteiger partial charge in [0, 0.05) is 18.1 Å². The Morgan fingerprint density at radius 2 is 1.82 bits per heavy atom. The van der Waals surface area contributed by atoms with Crippen LogP contribution in [0.3, 0.4) is 0 Å². The van der Waals surface area contributed by atoms with Crippen LogP contribution in [0, 0.1) is 6.92 Å². The number of nitrogens with one attached hydrogen (secondary N) is 1. The molecule has 1 aromatic heterocycles. The molecule has 2 aliphatic heterocycles. The highest BCUT2D eigenvalue weighted by molar-refractivity contribution is 5.78. The van der Waals surface area contributed by atoms with Crippen LogP contribution < -0.4 is 5.32 Å². The maximum Gasteiger partial charge on any atom is 0.433 e. The number of allylic oxidation sites excluding steroid dienone is 6. The summed E-state index contributed by atoms with van der Waals surface area (Å²) in [5.41, 5.74) is 12.3. The second-order valence-corrected chi connectivity index (χ2v) is 11.1. The van der Waals surface area contributed by atoms with E-state index in [1.54, 1.807) is 6.07 Å². The van der Waals surface area contributed by atoms with Crippen LogP contribution in [-0.4, -0.2) is 4.98 Å². The first-order valence-corrected chi connectivity index (χ1v) is 14.1. The van der Waals surface area contributed by atoms with Crippen molar-refractivity contribution in [3.05, 3.63) is 130 Å². The van der Waals surface area contributed by atoms with Gasteiger partial charge in [0.25, 0.3) is 0 Å². The summed E-state index contributed by atoms with van der Waals surface area (Å²) in [6, 6.07) is 13.8. The van der Waals surface area contributed by atoms with Gasteiger partial charge < -0.3 is 5.32 Å². The van der Waals surface area contributed by atoms with Gasteiger partial charge in [0.2, 0.25) is 0 Å². The Bertz CT molecular complexity index is 1540. The van der Waals surface area contributed by atoms with Gasteiger partial charge in [0.15, 0.2) is 0 Å². The summed E-state index contributed by atoms with van der Waals surface area (Å²) < 4.78 is 38.4. The van der Waals surface area contributed by atoms with Crippen molar-refractivity contribution >= 4 is 6.08 Å². The van der Waals surface area contributed by atoms with Crippen LogP contribution in [0.5, 0.6) is 0 Å². The van der Waals surface area contributed by atoms with Crippen molar-refractivity contribution < 1.29 is 13.2 Å². The molecule has 1 atom stereocenters. The van der Waals surface area contributed by atoms with Crippen LogP contribution >= 0.6 is 0 Å². The van der Waals surface area contributed by atoms with Crippen molar-refractivity contribution in [2.24, 2.45) is 0 Å². The number of hydrogen-bond donors (Lipinski definition) is 1. The Kier molecular flexibility index (Phi) is 7.22. The highest BCUT2D eigenvalue weighted by atomic mass is 19.4. The van der Waals surface area contributed by atoms with Crippen molar-refractivity contribution in [1.82, 2.24) is 10.3 Å². The molecule has 5 heteroatoms. The highest BCUT2D eigenvalue weighted by Gasteiger charge is 2.32. The van der Waals surface area contributed by atoms with Gasteiger partial charge in [-0.25, -0.2) is 0 Å². The molecule has 0 amide bonds. The van der Waals surface area contributed by atoms with E-state index in [-0.39, 0.29) is 0 Å². The smallest absolute Gasteiger partial charge is 0.365 e. The van der Waals surface area contributed by atoms with Crippen LogP contribution in [0.15, 0.2) is 90.4 Å². The minimum Gasteiger partial charge on any atom is -0.365 e. The predicted octanol–water partition coefficient (Wildman–Crippen LogP) is 9.02. The Balaban J connectivity index is 0.000000271. The largest absolute Gasteiger partial charge is 0.433 e. The molecule has 2 bridgehead atoms. The van der Waals surface area contributed by atoms with E-state index in [4.69, 9.17) is 0 Å². The second kappa shape index (κ2) is 11.0. The normalized spacial score (nSPS) is 18.2. The zero-order valence-electron chi connectivity index (χ0n) is 22.7. The van der Waals surface area contributed by atoms with Crippen LogP contribution in [0.2, 0.25) is 0 Å². The standard InChI is InChI=1S/C27H24F3N.C8H9N/c1-17-6-11-22-20(9-7-18-8-13-26(31-16-18)27(28,29)30)15-25-21-5-3-2-4-19(21)10-12-23(25)24(22)14-17;1-3-8-4-2-7(1)5-6-9-8/h2,4,6,8,10-14,16,20H,3,5,7,9,15H2,1H3;1,3,5-6,9H,2,4H2. The fraction of sp³-hybridized carbons (Fsp3) is 0.286. The first-order valence-electron chi connectivity index (χ1n) is 14.1. The molecular formula is C35H33F3N2. The topological polar surface area (TPSA) is 24.9 Å². The average Bonchev–Trinajstić information content (AvgIpc) is 3.34. The van der Waals surface area contributed by atoms with E-state index in [1.807, 2.05) is 6.20 Å². The lowest BCUT2D eigenvalue weighted by Gasteiger charge is -2.31. The van der Waals surface area contributed by atoms with Gasteiger partial charge >= 0.3 is 6.18 Å². The van der Waals surface area contributed by atoms with Gasteiger partial charge in [-0.15, -0.1) is 0 Å². The number of benzene rings is 2. The summed E-state index contributed by atoms with van der Waals surface area (Å²) in [6.45, 7) is 2.12. The van der Waals surface area contributed by atoms with Gasteiger partial charge in [-0.05, 0) is 121 Å². The molecule has 3 aromatic rings. The summed E-state index contributed by atoms with van der Waals surface area (Å²) >= 11 is 0. The fourth-order valence-corrected chi connectivity index (χ4v) is 6.21. The third-order valence-corrected chi connectivity index (χ3v) is 8.36. The Labute approximate surface area is 234 Å². The number of aromatic nitrogens is 1. The van der Waals surface area contributed by atoms with E-state index in [0.29, 0.717) is 12.3 Å². The van der Waals surface area contributed by atoms with Crippen molar-refractivity contribution in [3.63, 3.8) is 0 Å². The molecule has 3 aliphatic carbocycles. The molecule has 204 valence electrons. The second-order valence-electron chi connectivity index (χ2n) is 11.1. The molecule has 2 nitrogen and oxygen atoms in total. The number of pyridine rings is 1. The summed E-state index contributed by atoms with van der Waals surface area (Å²) in [4.78, 5) is 3.63. The first kappa shape index (κ1) is 26.4. The Hall–Kier alpha value is -3.86. The third-order valence-electron chi connectivity index (χ3n) is 8.36. The molecule has 0 spiro atoms. The molecule has 5 aliphatic rings. The number of nitrogens with zero attached hydrogens (tertiary/aromatic N) is 1. The first-order chi connectivity index (χ1) is 19.3. The number of fused-ring (bicyclic) bond motifs is 8. The molecule has 0 saturated carbocycles. The summed E-state index contributed by atoms with van der Waals surface area (Å²) in [7, 11) is 0. The van der Waals surface area contributed by atoms with Gasteiger partial charge in [0.05, 0.1) is 0 Å². The van der Waals surface area contributed by atoms with E-state index in [2.05, 4.69) is 77.9 Å². The zero-order valence-corrected chi connectivity index (χ0v) is 22.7. The summed E-state index contributed by atoms with van der Waals surface area (Å²) in [5.74, 6) is 0.350. The van der Waals surface area contributed by atoms with Gasteiger partial charge in [-0.1, -0.05) is 60.2 Å². The maximum atomic E-state index is 12.8. The van der Waals surface area contributed by atoms with Crippen molar-refractivity contribution in [2.45, 2.75) is 64.0 Å². The highest BCUT2D eigenvalue weighted by Crippen LogP contribution is 2.45. The van der Waals surface area contributed by atoms with Crippen molar-refractivity contribution in [1.29, 1.82) is 0 Å². The SMILES string of the molecule is C1=CC2=CC=C(CC2)N1.Cc1ccc2c(c1)-c1ccc3c(c1CC2CCc1ccc(C(F)(F)F)nc1)CCC=C3. The molecule has 0 radical (unpaired) electrons. The molecule has 40 heavy (non-hydrogen) atoms. The van der Waals surface area contributed by atoms with E-state index < -0.39 is 11.9 Å². The molecule has 2 aromatic carbocycles. The molecular weight excluding hydrogens is 505 g/mol. The molecule has 1 N–H and O–H groups in total. The third kappa shape index (κ3) is 5.56. The Morgan fingerprint density at radius 1 is 0.925 bits per heavy atom. The molecule has 3 heterocycles. The van der Waals surface area contributed by atoms with Crippen molar-refractivity contribution in [3.8, 4) is 11.1 Å². The summed E-state index contributed by atoms with van der Waals surface area (Å²) in [6.07, 6.45) is 17.1. The van der Waals surface area contributed by atoms with E-state index in [9.17, 15) is 13.2 Å². The van der Waals surface area contributed by atoms with Crippen LogP contribution in [0.4, 0.5) is 13.2 Å². The van der Waals surface area contributed by atoms with Crippen molar-refractivity contribution in [2.75, 3.05) is 0 Å². The van der Waals surface area contributed by atoms with Gasteiger partial charge in [0.1, 0.15) is 5.69 Å². The lowest BCUT2D eigenvalue weighted by molar-refractivity contribution is -0.141. The summed E-state index contributed by atoms with van der Waals surface area (Å²) in [5, 5.41) is 3.20. The quantitative estimate of drug-likeness (QED) is 0.360. The number of rotatable bonds is 3. The zero-order chi connectivity index (χ0) is 27.7. The van der Waals surface area contributed by atoms with Crippen LogP contribution in [0.25, 0.3) is 17.2 Å². The van der Waals surface area contributed by atoms with Crippen LogP contribution in [-0.2, 0) is 25.4 Å². The maximum absolute atomic E-state index is 12.8. The van der Waals surface area contributed by atoms with E-state index in [0.717, 1.165) is 37.3 Å². The number of alkyl halides is 3. The molecule has 0 saturated heterocycles. The molecule has 8 rings (SSSR count). The number of halogens is 3.